The molecule has 66 valence electrons. The van der Waals surface area contributed by atoms with Crippen LogP contribution >= 0.6 is 0 Å². The zero-order valence-corrected chi connectivity index (χ0v) is 6.84. The topological polar surface area (TPSA) is 69.7 Å². The Balaban J connectivity index is 2.36. The van der Waals surface area contributed by atoms with E-state index in [1.807, 2.05) is 0 Å². The van der Waals surface area contributed by atoms with Gasteiger partial charge in [-0.3, -0.25) is 4.90 Å². The predicted octanol–water partition coefficient (Wildman–Crippen LogP) is -1.18. The maximum atomic E-state index is 10.3. The summed E-state index contributed by atoms with van der Waals surface area (Å²) in [5.74, 6) is -0.393. The molecule has 0 aromatic rings. The Bertz CT molecular complexity index is 207. The smallest absolute Gasteiger partial charge is 0.108 e. The standard InChI is InChI=1S/C5H11NO4S/c7-11(8,9)5-6-1-3-10-4-2-6/h1-5H2,(H,7,8,9)/p-1. The molecule has 0 unspecified atom stereocenters. The number of rotatable bonds is 2. The van der Waals surface area contributed by atoms with Crippen molar-refractivity contribution in [1.29, 1.82) is 0 Å². The Hall–Kier alpha value is -0.170. The summed E-state index contributed by atoms with van der Waals surface area (Å²) in [6.07, 6.45) is 0. The van der Waals surface area contributed by atoms with Crippen molar-refractivity contribution in [1.82, 2.24) is 4.90 Å². The van der Waals surface area contributed by atoms with Gasteiger partial charge in [-0.25, -0.2) is 8.42 Å². The van der Waals surface area contributed by atoms with E-state index in [0.717, 1.165) is 0 Å². The van der Waals surface area contributed by atoms with Crippen LogP contribution in [0.25, 0.3) is 0 Å². The lowest BCUT2D eigenvalue weighted by Crippen LogP contribution is -2.39. The van der Waals surface area contributed by atoms with Crippen molar-refractivity contribution in [2.45, 2.75) is 0 Å². The Kier molecular flexibility index (Phi) is 2.83. The molecule has 0 aromatic heterocycles. The second-order valence-electron chi connectivity index (χ2n) is 2.42. The monoisotopic (exact) mass is 180 g/mol. The summed E-state index contributed by atoms with van der Waals surface area (Å²) in [5, 5.41) is 0. The molecule has 0 saturated carbocycles. The van der Waals surface area contributed by atoms with E-state index in [9.17, 15) is 13.0 Å². The van der Waals surface area contributed by atoms with Crippen LogP contribution in [0.2, 0.25) is 0 Å². The molecule has 6 heteroatoms. The van der Waals surface area contributed by atoms with E-state index in [4.69, 9.17) is 4.74 Å². The zero-order chi connectivity index (χ0) is 8.32. The molecule has 0 spiro atoms. The lowest BCUT2D eigenvalue weighted by molar-refractivity contribution is 0.0456. The Morgan fingerprint density at radius 3 is 2.36 bits per heavy atom. The van der Waals surface area contributed by atoms with E-state index in [2.05, 4.69) is 0 Å². The normalized spacial score (nSPS) is 21.9. The molecule has 0 radical (unpaired) electrons. The summed E-state index contributed by atoms with van der Waals surface area (Å²) in [4.78, 5) is 1.58. The summed E-state index contributed by atoms with van der Waals surface area (Å²) in [5.41, 5.74) is 0. The molecular weight excluding hydrogens is 170 g/mol. The quantitative estimate of drug-likeness (QED) is 0.500. The molecular formula is C5H10NO4S-. The van der Waals surface area contributed by atoms with E-state index in [1.165, 1.54) is 0 Å². The molecule has 1 fully saturated rings. The van der Waals surface area contributed by atoms with E-state index < -0.39 is 16.0 Å². The van der Waals surface area contributed by atoms with Crippen molar-refractivity contribution in [3.8, 4) is 0 Å². The molecule has 0 bridgehead atoms. The molecule has 11 heavy (non-hydrogen) atoms. The van der Waals surface area contributed by atoms with Gasteiger partial charge >= 0.3 is 0 Å². The number of hydrogen-bond donors (Lipinski definition) is 0. The van der Waals surface area contributed by atoms with Crippen LogP contribution in [0.4, 0.5) is 0 Å². The van der Waals surface area contributed by atoms with E-state index >= 15 is 0 Å². The van der Waals surface area contributed by atoms with Crippen molar-refractivity contribution in [3.05, 3.63) is 0 Å². The molecule has 1 aliphatic heterocycles. The number of ether oxygens (including phenoxy) is 1. The minimum atomic E-state index is -4.10. The van der Waals surface area contributed by atoms with E-state index in [-0.39, 0.29) is 0 Å². The van der Waals surface area contributed by atoms with Crippen LogP contribution < -0.4 is 0 Å². The van der Waals surface area contributed by atoms with Gasteiger partial charge in [0, 0.05) is 13.1 Å². The average Bonchev–Trinajstić information content (AvgIpc) is 1.85. The molecule has 1 saturated heterocycles. The Morgan fingerprint density at radius 1 is 1.36 bits per heavy atom. The van der Waals surface area contributed by atoms with Crippen LogP contribution in [0.5, 0.6) is 0 Å². The second kappa shape index (κ2) is 3.48. The number of hydrogen-bond acceptors (Lipinski definition) is 5. The maximum Gasteiger partial charge on any atom is 0.108 e. The SMILES string of the molecule is O=S(=O)([O-])CN1CCOCC1. The first-order chi connectivity index (χ1) is 5.08. The zero-order valence-electron chi connectivity index (χ0n) is 6.02. The third-order valence-electron chi connectivity index (χ3n) is 1.44. The first-order valence-electron chi connectivity index (χ1n) is 3.31. The van der Waals surface area contributed by atoms with Crippen LogP contribution in [0.15, 0.2) is 0 Å². The lowest BCUT2D eigenvalue weighted by Gasteiger charge is -2.27. The van der Waals surface area contributed by atoms with Gasteiger partial charge in [-0.1, -0.05) is 0 Å². The van der Waals surface area contributed by atoms with Crippen LogP contribution in [-0.2, 0) is 14.9 Å². The molecule has 0 N–H and O–H groups in total. The Labute approximate surface area is 65.7 Å². The van der Waals surface area contributed by atoms with Gasteiger partial charge in [0.1, 0.15) is 10.1 Å². The van der Waals surface area contributed by atoms with Gasteiger partial charge in [0.15, 0.2) is 0 Å². The van der Waals surface area contributed by atoms with Crippen molar-refractivity contribution in [2.24, 2.45) is 0 Å². The fraction of sp³-hybridized carbons (Fsp3) is 1.00. The first-order valence-corrected chi connectivity index (χ1v) is 4.89. The van der Waals surface area contributed by atoms with Crippen LogP contribution in [0.1, 0.15) is 0 Å². The Morgan fingerprint density at radius 2 is 1.91 bits per heavy atom. The first kappa shape index (κ1) is 8.92. The third kappa shape index (κ3) is 3.66. The van der Waals surface area contributed by atoms with Gasteiger partial charge in [-0.15, -0.1) is 0 Å². The van der Waals surface area contributed by atoms with Crippen LogP contribution in [0, 0.1) is 0 Å². The van der Waals surface area contributed by atoms with Gasteiger partial charge < -0.3 is 9.29 Å². The van der Waals surface area contributed by atoms with E-state index in [1.54, 1.807) is 4.90 Å². The second-order valence-corrected chi connectivity index (χ2v) is 3.79. The highest BCUT2D eigenvalue weighted by Crippen LogP contribution is 1.98. The van der Waals surface area contributed by atoms with Crippen LogP contribution in [0.3, 0.4) is 0 Å². The van der Waals surface area contributed by atoms with Crippen LogP contribution in [-0.4, -0.2) is 50.1 Å². The molecule has 0 amide bonds. The van der Waals surface area contributed by atoms with Gasteiger partial charge in [0.05, 0.1) is 19.1 Å². The number of nitrogens with zero attached hydrogens (tertiary/aromatic N) is 1. The highest BCUT2D eigenvalue weighted by atomic mass is 32.2. The fourth-order valence-corrected chi connectivity index (χ4v) is 1.66. The highest BCUT2D eigenvalue weighted by molar-refractivity contribution is 7.85. The molecule has 0 aliphatic carbocycles. The predicted molar refractivity (Wildman–Crippen MR) is 37.0 cm³/mol. The summed E-state index contributed by atoms with van der Waals surface area (Å²) >= 11 is 0. The molecule has 1 aliphatic rings. The fourth-order valence-electron chi connectivity index (χ4n) is 0.954. The van der Waals surface area contributed by atoms with E-state index in [0.29, 0.717) is 26.3 Å². The van der Waals surface area contributed by atoms with Gasteiger partial charge in [-0.05, 0) is 0 Å². The molecule has 0 atom stereocenters. The van der Waals surface area contributed by atoms with Crippen molar-refractivity contribution in [3.63, 3.8) is 0 Å². The van der Waals surface area contributed by atoms with Gasteiger partial charge in [0.2, 0.25) is 0 Å². The van der Waals surface area contributed by atoms with Gasteiger partial charge in [-0.2, -0.15) is 0 Å². The van der Waals surface area contributed by atoms with Crippen molar-refractivity contribution >= 4 is 10.1 Å². The number of morpholine rings is 1. The lowest BCUT2D eigenvalue weighted by atomic mass is 10.5. The largest absolute Gasteiger partial charge is 0.747 e. The van der Waals surface area contributed by atoms with Crippen molar-refractivity contribution in [2.75, 3.05) is 32.2 Å². The third-order valence-corrected chi connectivity index (χ3v) is 2.13. The van der Waals surface area contributed by atoms with Gasteiger partial charge in [0.25, 0.3) is 0 Å². The summed E-state index contributed by atoms with van der Waals surface area (Å²) in [7, 11) is -4.10. The summed E-state index contributed by atoms with van der Waals surface area (Å²) in [6.45, 7) is 2.08. The minimum absolute atomic E-state index is 0.393. The summed E-state index contributed by atoms with van der Waals surface area (Å²) in [6, 6.07) is 0. The van der Waals surface area contributed by atoms with Crippen molar-refractivity contribution < 1.29 is 17.7 Å². The molecule has 5 nitrogen and oxygen atoms in total. The minimum Gasteiger partial charge on any atom is -0.747 e. The summed E-state index contributed by atoms with van der Waals surface area (Å²) < 4.78 is 35.8. The molecule has 0 aromatic carbocycles. The maximum absolute atomic E-state index is 10.3. The molecule has 1 heterocycles. The highest BCUT2D eigenvalue weighted by Gasteiger charge is 2.11. The average molecular weight is 180 g/mol. The molecule has 1 rings (SSSR count).